The molecule has 0 saturated carbocycles. The van der Waals surface area contributed by atoms with Crippen LogP contribution in [-0.2, 0) is 36.9 Å². The van der Waals surface area contributed by atoms with E-state index >= 15 is 0 Å². The SMILES string of the molecule is CCOc1nc(N)nc2c1ncn2[C@@H]1O[C@H](COP(=O)(NCc2ccccc2)OCc2oc(=O)oc2C(C)(C)C)[C@@H](O)[C@@]1(C)N=[N+]=[N-]. The number of aliphatic hydroxyl groups excluding tert-OH is 1. The zero-order valence-corrected chi connectivity index (χ0v) is 27.3. The van der Waals surface area contributed by atoms with E-state index in [1.807, 2.05) is 51.1 Å². The molecule has 1 aliphatic heterocycles. The molecule has 1 unspecified atom stereocenters. The fourth-order valence-corrected chi connectivity index (χ4v) is 6.36. The number of nitrogens with zero attached hydrogens (tertiary/aromatic N) is 7. The molecule has 4 heterocycles. The first-order chi connectivity index (χ1) is 22.3. The lowest BCUT2D eigenvalue weighted by atomic mass is 9.92. The third kappa shape index (κ3) is 7.18. The van der Waals surface area contributed by atoms with Gasteiger partial charge in [-0.3, -0.25) is 13.6 Å². The Bertz CT molecular complexity index is 1870. The van der Waals surface area contributed by atoms with E-state index < -0.39 is 56.2 Å². The standard InChI is InChI=1S/C28H36N9O9P/c1-6-41-23-19-22(33-25(29)34-23)37(15-31-19)24-28(5,35-36-30)20(38)17(44-24)13-42-47(40,32-12-16-10-8-7-9-11-16)43-14-18-21(27(2,3)4)46-26(39)45-18/h7-11,15,17,20,24,38H,6,12-14H2,1-5H3,(H,32,40)(H2,29,33,34)/t17-,20-,24-,28-,47?/m1/s1. The van der Waals surface area contributed by atoms with E-state index in [1.54, 1.807) is 6.92 Å². The maximum absolute atomic E-state index is 14.1. The van der Waals surface area contributed by atoms with Crippen molar-refractivity contribution in [2.24, 2.45) is 5.11 Å². The second-order valence-electron chi connectivity index (χ2n) is 11.9. The van der Waals surface area contributed by atoms with Crippen molar-refractivity contribution in [1.82, 2.24) is 24.6 Å². The van der Waals surface area contributed by atoms with E-state index in [0.717, 1.165) is 5.56 Å². The Labute approximate surface area is 268 Å². The minimum absolute atomic E-state index is 0.0423. The van der Waals surface area contributed by atoms with Crippen molar-refractivity contribution >= 4 is 24.9 Å². The minimum atomic E-state index is -4.21. The Morgan fingerprint density at radius 3 is 2.66 bits per heavy atom. The summed E-state index contributed by atoms with van der Waals surface area (Å²) in [5.74, 6) is -0.620. The molecule has 5 rings (SSSR count). The molecule has 3 aromatic heterocycles. The number of nitrogens with two attached hydrogens (primary N) is 1. The first-order valence-corrected chi connectivity index (χ1v) is 16.2. The molecule has 1 aliphatic rings. The van der Waals surface area contributed by atoms with Crippen molar-refractivity contribution in [3.63, 3.8) is 0 Å². The van der Waals surface area contributed by atoms with Crippen LogP contribution in [0.15, 0.2) is 55.4 Å². The number of rotatable bonds is 13. The zero-order valence-electron chi connectivity index (χ0n) is 26.4. The van der Waals surface area contributed by atoms with Gasteiger partial charge in [-0.15, -0.1) is 0 Å². The van der Waals surface area contributed by atoms with Gasteiger partial charge in [-0.25, -0.2) is 19.4 Å². The van der Waals surface area contributed by atoms with Gasteiger partial charge in [0.15, 0.2) is 28.9 Å². The molecule has 19 heteroatoms. The molecule has 0 aliphatic carbocycles. The molecule has 1 saturated heterocycles. The minimum Gasteiger partial charge on any atom is -0.476 e. The lowest BCUT2D eigenvalue weighted by Crippen LogP contribution is -2.42. The van der Waals surface area contributed by atoms with Gasteiger partial charge in [0.25, 0.3) is 0 Å². The maximum atomic E-state index is 14.1. The molecular formula is C28H36N9O9P. The molecule has 1 aromatic carbocycles. The Balaban J connectivity index is 1.41. The van der Waals surface area contributed by atoms with E-state index in [9.17, 15) is 20.0 Å². The summed E-state index contributed by atoms with van der Waals surface area (Å²) in [4.78, 5) is 27.5. The van der Waals surface area contributed by atoms with Crippen LogP contribution < -0.4 is 21.4 Å². The number of anilines is 1. The van der Waals surface area contributed by atoms with Crippen LogP contribution in [0.1, 0.15) is 57.9 Å². The summed E-state index contributed by atoms with van der Waals surface area (Å²) in [6.45, 7) is 8.14. The highest BCUT2D eigenvalue weighted by Crippen LogP contribution is 2.48. The highest BCUT2D eigenvalue weighted by atomic mass is 31.2. The lowest BCUT2D eigenvalue weighted by molar-refractivity contribution is -0.0438. The molecule has 18 nitrogen and oxygen atoms in total. The molecule has 47 heavy (non-hydrogen) atoms. The molecule has 252 valence electrons. The number of azide groups is 1. The van der Waals surface area contributed by atoms with Crippen LogP contribution in [0.25, 0.3) is 21.6 Å². The van der Waals surface area contributed by atoms with Crippen LogP contribution >= 0.6 is 7.75 Å². The number of nitrogen functional groups attached to an aromatic ring is 1. The van der Waals surface area contributed by atoms with Crippen LogP contribution in [0.3, 0.4) is 0 Å². The number of hydrogen-bond donors (Lipinski definition) is 3. The van der Waals surface area contributed by atoms with Gasteiger partial charge >= 0.3 is 13.6 Å². The Kier molecular flexibility index (Phi) is 9.75. The van der Waals surface area contributed by atoms with Crippen LogP contribution in [0, 0.1) is 0 Å². The monoisotopic (exact) mass is 673 g/mol. The molecular weight excluding hydrogens is 637 g/mol. The number of aliphatic hydroxyl groups is 1. The second-order valence-corrected chi connectivity index (χ2v) is 13.7. The fourth-order valence-electron chi connectivity index (χ4n) is 5.10. The van der Waals surface area contributed by atoms with Crippen LogP contribution in [-0.4, -0.2) is 55.6 Å². The van der Waals surface area contributed by atoms with Crippen LogP contribution in [0.4, 0.5) is 5.95 Å². The van der Waals surface area contributed by atoms with Crippen molar-refractivity contribution in [1.29, 1.82) is 0 Å². The molecule has 5 atom stereocenters. The summed E-state index contributed by atoms with van der Waals surface area (Å²) in [5.41, 5.74) is 14.4. The molecule has 0 bridgehead atoms. The molecule has 0 amide bonds. The number of nitrogens with one attached hydrogen (secondary N) is 1. The van der Waals surface area contributed by atoms with Gasteiger partial charge in [0.2, 0.25) is 11.8 Å². The average Bonchev–Trinajstić information content (AvgIpc) is 3.69. The first-order valence-electron chi connectivity index (χ1n) is 14.6. The van der Waals surface area contributed by atoms with Gasteiger partial charge in [-0.1, -0.05) is 56.2 Å². The normalized spacial score (nSPS) is 22.6. The van der Waals surface area contributed by atoms with Crippen molar-refractivity contribution in [3.05, 3.63) is 74.8 Å². The van der Waals surface area contributed by atoms with Gasteiger partial charge in [0.05, 0.1) is 25.6 Å². The Hall–Kier alpha value is -4.28. The van der Waals surface area contributed by atoms with E-state index in [2.05, 4.69) is 30.1 Å². The summed E-state index contributed by atoms with van der Waals surface area (Å²) >= 11 is 0. The zero-order chi connectivity index (χ0) is 34.0. The number of ether oxygens (including phenoxy) is 2. The summed E-state index contributed by atoms with van der Waals surface area (Å²) in [6.07, 6.45) is -2.45. The predicted molar refractivity (Wildman–Crippen MR) is 166 cm³/mol. The van der Waals surface area contributed by atoms with Gasteiger partial charge in [-0.2, -0.15) is 9.97 Å². The lowest BCUT2D eigenvalue weighted by Gasteiger charge is -2.28. The Morgan fingerprint density at radius 2 is 1.98 bits per heavy atom. The molecule has 4 N–H and O–H groups in total. The number of imidazole rings is 1. The Morgan fingerprint density at radius 1 is 1.23 bits per heavy atom. The fraction of sp³-hybridized carbons (Fsp3) is 0.500. The second kappa shape index (κ2) is 13.4. The molecule has 0 spiro atoms. The molecule has 1 fully saturated rings. The van der Waals surface area contributed by atoms with Gasteiger partial charge < -0.3 is 29.1 Å². The van der Waals surface area contributed by atoms with Crippen molar-refractivity contribution in [2.45, 2.75) is 77.2 Å². The average molecular weight is 674 g/mol. The maximum Gasteiger partial charge on any atom is 0.519 e. The number of aromatic nitrogens is 4. The smallest absolute Gasteiger partial charge is 0.476 e. The number of hydrogen-bond acceptors (Lipinski definition) is 14. The third-order valence-corrected chi connectivity index (χ3v) is 8.88. The third-order valence-electron chi connectivity index (χ3n) is 7.38. The van der Waals surface area contributed by atoms with Gasteiger partial charge in [-0.05, 0) is 24.9 Å². The van der Waals surface area contributed by atoms with E-state index in [-0.39, 0.29) is 47.7 Å². The summed E-state index contributed by atoms with van der Waals surface area (Å²) in [5, 5.41) is 18.1. The summed E-state index contributed by atoms with van der Waals surface area (Å²) in [7, 11) is -4.21. The largest absolute Gasteiger partial charge is 0.519 e. The summed E-state index contributed by atoms with van der Waals surface area (Å²) in [6, 6.07) is 9.09. The molecule has 0 radical (unpaired) electrons. The van der Waals surface area contributed by atoms with Gasteiger partial charge in [0, 0.05) is 16.9 Å². The van der Waals surface area contributed by atoms with Crippen LogP contribution in [0.5, 0.6) is 5.88 Å². The van der Waals surface area contributed by atoms with Crippen molar-refractivity contribution < 1.29 is 37.0 Å². The van der Waals surface area contributed by atoms with E-state index in [0.29, 0.717) is 0 Å². The quantitative estimate of drug-likeness (QED) is 0.0782. The molecule has 4 aromatic rings. The first kappa shape index (κ1) is 34.1. The van der Waals surface area contributed by atoms with Crippen molar-refractivity contribution in [3.8, 4) is 5.88 Å². The van der Waals surface area contributed by atoms with E-state index in [4.69, 9.17) is 33.1 Å². The van der Waals surface area contributed by atoms with Gasteiger partial charge in [0.1, 0.15) is 18.2 Å². The number of fused-ring (bicyclic) bond motifs is 1. The van der Waals surface area contributed by atoms with Crippen LogP contribution in [0.2, 0.25) is 0 Å². The number of benzene rings is 1. The topological polar surface area (TPSA) is 248 Å². The highest BCUT2D eigenvalue weighted by Gasteiger charge is 2.55. The summed E-state index contributed by atoms with van der Waals surface area (Å²) < 4.78 is 49.2. The highest BCUT2D eigenvalue weighted by molar-refractivity contribution is 7.51. The predicted octanol–water partition coefficient (Wildman–Crippen LogP) is 4.11. The van der Waals surface area contributed by atoms with Crippen molar-refractivity contribution in [2.75, 3.05) is 18.9 Å². The van der Waals surface area contributed by atoms with E-state index in [1.165, 1.54) is 17.8 Å².